The molecule has 0 atom stereocenters. The van der Waals surface area contributed by atoms with Crippen LogP contribution in [0.2, 0.25) is 0 Å². The summed E-state index contributed by atoms with van der Waals surface area (Å²) in [6.45, 7) is 0.344. The Morgan fingerprint density at radius 2 is 1.80 bits per heavy atom. The summed E-state index contributed by atoms with van der Waals surface area (Å²) in [6.07, 6.45) is 2.32. The molecule has 2 aromatic carbocycles. The molecule has 0 aliphatic heterocycles. The number of benzene rings is 2. The first-order chi connectivity index (χ1) is 12.3. The average Bonchev–Trinajstić information content (AvgIpc) is 3.28. The van der Waals surface area contributed by atoms with E-state index in [1.54, 1.807) is 16.8 Å². The molecule has 0 saturated heterocycles. The summed E-state index contributed by atoms with van der Waals surface area (Å²) in [6, 6.07) is 16.0. The molecule has 0 fully saturated rings. The summed E-state index contributed by atoms with van der Waals surface area (Å²) in [7, 11) is 0. The van der Waals surface area contributed by atoms with Crippen molar-refractivity contribution in [2.75, 3.05) is 0 Å². The summed E-state index contributed by atoms with van der Waals surface area (Å²) in [5.41, 5.74) is 2.70. The molecule has 0 N–H and O–H groups in total. The molecule has 2 heterocycles. The molecular weight excluding hydrogens is 321 g/mol. The van der Waals surface area contributed by atoms with E-state index in [9.17, 15) is 4.39 Å². The predicted octanol–water partition coefficient (Wildman–Crippen LogP) is 3.11. The third-order valence-electron chi connectivity index (χ3n) is 3.69. The molecule has 6 nitrogen and oxygen atoms in total. The van der Waals surface area contributed by atoms with E-state index >= 15 is 0 Å². The van der Waals surface area contributed by atoms with Gasteiger partial charge in [-0.1, -0.05) is 52.8 Å². The summed E-state index contributed by atoms with van der Waals surface area (Å²) in [5, 5.41) is 12.2. The lowest BCUT2D eigenvalue weighted by Crippen LogP contribution is -2.01. The fourth-order valence-corrected chi connectivity index (χ4v) is 2.47. The second kappa shape index (κ2) is 6.64. The average molecular weight is 335 g/mol. The molecule has 0 saturated carbocycles. The van der Waals surface area contributed by atoms with Gasteiger partial charge in [-0.15, -0.1) is 5.10 Å². The topological polar surface area (TPSA) is 69.6 Å². The maximum absolute atomic E-state index is 12.9. The minimum atomic E-state index is -0.266. The van der Waals surface area contributed by atoms with Crippen LogP contribution in [0.4, 0.5) is 4.39 Å². The molecule has 0 radical (unpaired) electrons. The van der Waals surface area contributed by atoms with E-state index in [2.05, 4.69) is 20.5 Å². The van der Waals surface area contributed by atoms with Crippen LogP contribution in [-0.2, 0) is 13.0 Å². The van der Waals surface area contributed by atoms with Gasteiger partial charge in [-0.25, -0.2) is 9.07 Å². The van der Waals surface area contributed by atoms with E-state index in [1.807, 2.05) is 36.5 Å². The molecule has 4 rings (SSSR count). The highest BCUT2D eigenvalue weighted by Gasteiger charge is 2.10. The first kappa shape index (κ1) is 15.2. The number of hydrogen-bond acceptors (Lipinski definition) is 5. The highest BCUT2D eigenvalue weighted by Crippen LogP contribution is 2.15. The molecule has 0 unspecified atom stereocenters. The monoisotopic (exact) mass is 335 g/mol. The van der Waals surface area contributed by atoms with E-state index in [-0.39, 0.29) is 5.82 Å². The number of nitrogens with zero attached hydrogens (tertiary/aromatic N) is 5. The molecule has 2 aromatic heterocycles. The van der Waals surface area contributed by atoms with Gasteiger partial charge in [0.05, 0.1) is 6.20 Å². The van der Waals surface area contributed by atoms with Gasteiger partial charge in [0.1, 0.15) is 18.1 Å². The van der Waals surface area contributed by atoms with Crippen LogP contribution in [0.15, 0.2) is 65.3 Å². The van der Waals surface area contributed by atoms with Gasteiger partial charge in [0.25, 0.3) is 0 Å². The Bertz CT molecular complexity index is 963. The van der Waals surface area contributed by atoms with Gasteiger partial charge in [0, 0.05) is 12.0 Å². The number of hydrogen-bond donors (Lipinski definition) is 0. The van der Waals surface area contributed by atoms with E-state index in [0.717, 1.165) is 16.8 Å². The Kier molecular flexibility index (Phi) is 4.04. The summed E-state index contributed by atoms with van der Waals surface area (Å²) >= 11 is 0. The smallest absolute Gasteiger partial charge is 0.248 e. The first-order valence-corrected chi connectivity index (χ1v) is 7.78. The van der Waals surface area contributed by atoms with Crippen LogP contribution < -0.4 is 0 Å². The van der Waals surface area contributed by atoms with Crippen LogP contribution in [0.3, 0.4) is 0 Å². The molecule has 25 heavy (non-hydrogen) atoms. The molecule has 0 aliphatic rings. The van der Waals surface area contributed by atoms with Gasteiger partial charge >= 0.3 is 0 Å². The Morgan fingerprint density at radius 1 is 1.00 bits per heavy atom. The number of halogens is 1. The number of rotatable bonds is 5. The van der Waals surface area contributed by atoms with E-state index in [1.165, 1.54) is 12.1 Å². The molecule has 0 amide bonds. The van der Waals surface area contributed by atoms with Crippen molar-refractivity contribution in [1.29, 1.82) is 0 Å². The van der Waals surface area contributed by atoms with Crippen LogP contribution in [0.5, 0.6) is 0 Å². The highest BCUT2D eigenvalue weighted by molar-refractivity contribution is 5.57. The Morgan fingerprint density at radius 3 is 2.60 bits per heavy atom. The van der Waals surface area contributed by atoms with Crippen molar-refractivity contribution >= 4 is 0 Å². The third-order valence-corrected chi connectivity index (χ3v) is 3.69. The Labute approximate surface area is 142 Å². The van der Waals surface area contributed by atoms with Gasteiger partial charge < -0.3 is 4.52 Å². The summed E-state index contributed by atoms with van der Waals surface area (Å²) in [5.74, 6) is 0.726. The zero-order valence-electron chi connectivity index (χ0n) is 13.2. The van der Waals surface area contributed by atoms with Crippen molar-refractivity contribution in [3.63, 3.8) is 0 Å². The summed E-state index contributed by atoms with van der Waals surface area (Å²) < 4.78 is 19.8. The fraction of sp³-hybridized carbons (Fsp3) is 0.111. The quantitative estimate of drug-likeness (QED) is 0.560. The van der Waals surface area contributed by atoms with Crippen LogP contribution >= 0.6 is 0 Å². The predicted molar refractivity (Wildman–Crippen MR) is 88.1 cm³/mol. The fourth-order valence-electron chi connectivity index (χ4n) is 2.47. The van der Waals surface area contributed by atoms with Gasteiger partial charge in [-0.3, -0.25) is 0 Å². The van der Waals surface area contributed by atoms with Crippen molar-refractivity contribution in [3.8, 4) is 11.3 Å². The standard InChI is InChI=1S/C18H14FN5O/c19-15-8-6-13(7-9-15)10-17-20-18(25-22-17)12-24-11-16(21-23-24)14-4-2-1-3-5-14/h1-9,11H,10,12H2. The molecule has 0 bridgehead atoms. The van der Waals surface area contributed by atoms with Crippen molar-refractivity contribution in [2.24, 2.45) is 0 Å². The molecule has 7 heteroatoms. The maximum atomic E-state index is 12.9. The Hall–Kier alpha value is -3.35. The normalized spacial score (nSPS) is 10.9. The van der Waals surface area contributed by atoms with Gasteiger partial charge in [0.15, 0.2) is 5.82 Å². The van der Waals surface area contributed by atoms with Crippen molar-refractivity contribution < 1.29 is 8.91 Å². The minimum Gasteiger partial charge on any atom is -0.337 e. The molecule has 0 aliphatic carbocycles. The maximum Gasteiger partial charge on any atom is 0.248 e. The second-order valence-corrected chi connectivity index (χ2v) is 5.57. The first-order valence-electron chi connectivity index (χ1n) is 7.78. The molecular formula is C18H14FN5O. The van der Waals surface area contributed by atoms with E-state index < -0.39 is 0 Å². The Balaban J connectivity index is 1.44. The van der Waals surface area contributed by atoms with Crippen LogP contribution in [0.1, 0.15) is 17.3 Å². The van der Waals surface area contributed by atoms with Gasteiger partial charge in [0.2, 0.25) is 5.89 Å². The van der Waals surface area contributed by atoms with E-state index in [4.69, 9.17) is 4.52 Å². The lowest BCUT2D eigenvalue weighted by molar-refractivity contribution is 0.360. The minimum absolute atomic E-state index is 0.266. The molecule has 0 spiro atoms. The van der Waals surface area contributed by atoms with Crippen LogP contribution in [0, 0.1) is 5.82 Å². The van der Waals surface area contributed by atoms with Crippen molar-refractivity contribution in [1.82, 2.24) is 25.1 Å². The van der Waals surface area contributed by atoms with Crippen molar-refractivity contribution in [3.05, 3.63) is 83.9 Å². The lowest BCUT2D eigenvalue weighted by Gasteiger charge is -1.96. The largest absolute Gasteiger partial charge is 0.337 e. The highest BCUT2D eigenvalue weighted by atomic mass is 19.1. The van der Waals surface area contributed by atoms with Crippen LogP contribution in [-0.4, -0.2) is 25.1 Å². The summed E-state index contributed by atoms with van der Waals surface area (Å²) in [4.78, 5) is 4.35. The van der Waals surface area contributed by atoms with Crippen molar-refractivity contribution in [2.45, 2.75) is 13.0 Å². The van der Waals surface area contributed by atoms with E-state index in [0.29, 0.717) is 24.7 Å². The lowest BCUT2D eigenvalue weighted by atomic mass is 10.1. The zero-order chi connectivity index (χ0) is 17.1. The van der Waals surface area contributed by atoms with Gasteiger partial charge in [-0.2, -0.15) is 4.98 Å². The SMILES string of the molecule is Fc1ccc(Cc2noc(Cn3cc(-c4ccccc4)nn3)n2)cc1. The molecule has 124 valence electrons. The number of aromatic nitrogens is 5. The third kappa shape index (κ3) is 3.60. The molecule has 4 aromatic rings. The zero-order valence-corrected chi connectivity index (χ0v) is 13.2. The van der Waals surface area contributed by atoms with Crippen LogP contribution in [0.25, 0.3) is 11.3 Å². The van der Waals surface area contributed by atoms with Gasteiger partial charge in [-0.05, 0) is 17.7 Å². The second-order valence-electron chi connectivity index (χ2n) is 5.57.